The summed E-state index contributed by atoms with van der Waals surface area (Å²) in [5.74, 6) is 0. The van der Waals surface area contributed by atoms with Crippen LogP contribution in [0, 0.1) is 0 Å². The van der Waals surface area contributed by atoms with Gasteiger partial charge in [0.25, 0.3) is 0 Å². The number of rotatable bonds is 0. The zero-order chi connectivity index (χ0) is 10.7. The van der Waals surface area contributed by atoms with E-state index in [-0.39, 0.29) is 53.0 Å². The van der Waals surface area contributed by atoms with Crippen LogP contribution < -0.4 is 30.6 Å². The first-order valence-electron chi connectivity index (χ1n) is 1.84. The van der Waals surface area contributed by atoms with E-state index in [9.17, 15) is 0 Å². The second-order valence-electron chi connectivity index (χ2n) is 0.750. The Balaban J connectivity index is -0.0000000184. The summed E-state index contributed by atoms with van der Waals surface area (Å²) >= 11 is 0. The van der Waals surface area contributed by atoms with Gasteiger partial charge in [-0.25, -0.2) is 0 Å². The number of carbonyl (C=O) groups excluding carboxylic acids is 3. The monoisotopic (exact) mass is 300 g/mol. The molecule has 0 bridgehead atoms. The molecule has 0 aliphatic heterocycles. The van der Waals surface area contributed by atoms with Crippen molar-refractivity contribution < 1.29 is 79.2 Å². The van der Waals surface area contributed by atoms with Crippen LogP contribution in [0.25, 0.3) is 0 Å². The molecule has 0 aliphatic carbocycles. The van der Waals surface area contributed by atoms with Crippen LogP contribution in [0.3, 0.4) is 0 Å². The van der Waals surface area contributed by atoms with Crippen molar-refractivity contribution in [2.75, 3.05) is 0 Å². The van der Waals surface area contributed by atoms with Gasteiger partial charge in [0, 0.05) is 0 Å². The Morgan fingerprint density at radius 3 is 0.533 bits per heavy atom. The molecule has 0 N–H and O–H groups in total. The number of carbonyl (C=O) groups is 3. The molecule has 0 aromatic carbocycles. The average molecular weight is 300 g/mol. The second kappa shape index (κ2) is 29.2. The topological polar surface area (TPSA) is 190 Å². The molecule has 0 rings (SSSR count). The van der Waals surface area contributed by atoms with Crippen molar-refractivity contribution in [2.45, 2.75) is 0 Å². The fourth-order valence-electron chi connectivity index (χ4n) is 0. The molecule has 0 aliphatic rings. The molecule has 0 aromatic rings. The molecule has 15 heavy (non-hydrogen) atoms. The Bertz CT molecular complexity index is 121. The van der Waals surface area contributed by atoms with Gasteiger partial charge < -0.3 is 45.0 Å². The molecule has 0 heterocycles. The molecule has 0 aromatic heterocycles. The summed E-state index contributed by atoms with van der Waals surface area (Å²) in [6.07, 6.45) is -7.00. The molecule has 0 fully saturated rings. The second-order valence-corrected chi connectivity index (χ2v) is 0.750. The van der Waals surface area contributed by atoms with E-state index < -0.39 is 18.5 Å². The molecule has 84 valence electrons. The Morgan fingerprint density at radius 1 is 0.533 bits per heavy atom. The van der Waals surface area contributed by atoms with Gasteiger partial charge in [-0.3, -0.25) is 0 Å². The van der Waals surface area contributed by atoms with Crippen molar-refractivity contribution in [3.63, 3.8) is 0 Å². The Morgan fingerprint density at radius 2 is 0.533 bits per heavy atom. The quantitative estimate of drug-likeness (QED) is 0.391. The van der Waals surface area contributed by atoms with Gasteiger partial charge in [-0.1, -0.05) is 0 Å². The minimum absolute atomic E-state index is 0. The predicted octanol–water partition coefficient (Wildman–Crippen LogP) is -7.99. The van der Waals surface area contributed by atoms with E-state index in [0.29, 0.717) is 0 Å². The molecular formula is C3HFe2LiO9. The summed E-state index contributed by atoms with van der Waals surface area (Å²) in [6.45, 7) is 0. The van der Waals surface area contributed by atoms with Crippen LogP contribution >= 0.6 is 0 Å². The van der Waals surface area contributed by atoms with Gasteiger partial charge in [-0.2, -0.15) is 0 Å². The Hall–Kier alpha value is -0.554. The van der Waals surface area contributed by atoms with Crippen LogP contribution in [-0.2, 0) is 34.1 Å². The van der Waals surface area contributed by atoms with Crippen molar-refractivity contribution in [3.8, 4) is 0 Å². The zero-order valence-electron chi connectivity index (χ0n) is 5.88. The number of hydrogen-bond donors (Lipinski definition) is 0. The molecule has 12 heteroatoms. The zero-order valence-corrected chi connectivity index (χ0v) is 8.09. The van der Waals surface area contributed by atoms with Gasteiger partial charge >= 0.3 is 53.0 Å². The van der Waals surface area contributed by atoms with Crippen LogP contribution in [0.2, 0.25) is 0 Å². The van der Waals surface area contributed by atoms with E-state index in [0.717, 1.165) is 0 Å². The van der Waals surface area contributed by atoms with Crippen LogP contribution in [0.1, 0.15) is 0 Å². The van der Waals surface area contributed by atoms with E-state index >= 15 is 0 Å². The van der Waals surface area contributed by atoms with Crippen LogP contribution in [0.5, 0.6) is 0 Å². The van der Waals surface area contributed by atoms with Crippen LogP contribution in [0.4, 0.5) is 14.4 Å². The van der Waals surface area contributed by atoms with Gasteiger partial charge in [0.1, 0.15) is 0 Å². The van der Waals surface area contributed by atoms with Crippen molar-refractivity contribution in [1.29, 1.82) is 0 Å². The molecule has 0 amide bonds. The number of carboxylic acid groups (broad SMARTS) is 6. The van der Waals surface area contributed by atoms with Crippen molar-refractivity contribution in [3.05, 3.63) is 0 Å². The van der Waals surface area contributed by atoms with E-state index in [4.69, 9.17) is 45.0 Å². The third-order valence-corrected chi connectivity index (χ3v) is 0. The van der Waals surface area contributed by atoms with Crippen molar-refractivity contribution >= 4 is 37.3 Å². The molecule has 9 nitrogen and oxygen atoms in total. The van der Waals surface area contributed by atoms with E-state index in [2.05, 4.69) is 0 Å². The molecule has 2 radical (unpaired) electrons. The first-order chi connectivity index (χ1) is 5.20. The maximum absolute atomic E-state index is 8.33. The molecule has 0 spiro atoms. The third-order valence-electron chi connectivity index (χ3n) is 0. The summed E-state index contributed by atoms with van der Waals surface area (Å²) in [6, 6.07) is 0. The molecule has 0 unspecified atom stereocenters. The SMILES string of the molecule is O=C([O-])[O-].O=C([O-])[O-].O=C([O-])[O-].[Fe+3].[Fe+3].[LiH]. The van der Waals surface area contributed by atoms with E-state index in [1.165, 1.54) is 0 Å². The Labute approximate surface area is 116 Å². The molecule has 0 saturated heterocycles. The average Bonchev–Trinajstić information content (AvgIpc) is 1.54. The maximum atomic E-state index is 8.33. The normalized spacial score (nSPS) is 4.80. The van der Waals surface area contributed by atoms with Crippen molar-refractivity contribution in [1.82, 2.24) is 0 Å². The fourth-order valence-corrected chi connectivity index (χ4v) is 0. The molecular weight excluding hydrogens is 299 g/mol. The van der Waals surface area contributed by atoms with E-state index in [1.807, 2.05) is 0 Å². The van der Waals surface area contributed by atoms with Gasteiger partial charge in [0.15, 0.2) is 0 Å². The number of hydrogen-bond acceptors (Lipinski definition) is 9. The summed E-state index contributed by atoms with van der Waals surface area (Å²) in [5.41, 5.74) is 0. The predicted molar refractivity (Wildman–Crippen MR) is 23.3 cm³/mol. The van der Waals surface area contributed by atoms with Gasteiger partial charge in [-0.15, -0.1) is 0 Å². The molecule has 0 atom stereocenters. The summed E-state index contributed by atoms with van der Waals surface area (Å²) in [4.78, 5) is 25.0. The van der Waals surface area contributed by atoms with Gasteiger partial charge in [0.2, 0.25) is 0 Å². The van der Waals surface area contributed by atoms with Crippen LogP contribution in [0.15, 0.2) is 0 Å². The fraction of sp³-hybridized carbons (Fsp3) is 0. The van der Waals surface area contributed by atoms with Crippen molar-refractivity contribution in [2.24, 2.45) is 0 Å². The summed E-state index contributed by atoms with van der Waals surface area (Å²) in [5, 5.41) is 50.0. The first-order valence-corrected chi connectivity index (χ1v) is 1.84. The third kappa shape index (κ3) is 5750. The Kier molecular flexibility index (Phi) is 71.3. The molecule has 0 saturated carbocycles. The summed E-state index contributed by atoms with van der Waals surface area (Å²) < 4.78 is 0. The van der Waals surface area contributed by atoms with Gasteiger partial charge in [0.05, 0.1) is 0 Å². The minimum atomic E-state index is -2.33. The summed E-state index contributed by atoms with van der Waals surface area (Å²) in [7, 11) is 0. The van der Waals surface area contributed by atoms with E-state index in [1.54, 1.807) is 0 Å². The standard InChI is InChI=1S/3CH2O3.2Fe.Li.H/c3*2-1(3)4;;;;/h3*(H2,2,3,4);;;;/q;;;2*+3;;/p-6. The first kappa shape index (κ1) is 36.6. The van der Waals surface area contributed by atoms with Gasteiger partial charge in [-0.05, 0) is 18.5 Å². The van der Waals surface area contributed by atoms with Crippen LogP contribution in [-0.4, -0.2) is 37.3 Å².